The van der Waals surface area contributed by atoms with Gasteiger partial charge in [0.2, 0.25) is 15.9 Å². The van der Waals surface area contributed by atoms with E-state index in [0.717, 1.165) is 16.5 Å². The average Bonchev–Trinajstić information content (AvgIpc) is 3.11. The van der Waals surface area contributed by atoms with Crippen molar-refractivity contribution >= 4 is 32.7 Å². The van der Waals surface area contributed by atoms with Crippen LogP contribution in [0.25, 0.3) is 10.9 Å². The van der Waals surface area contributed by atoms with Crippen molar-refractivity contribution in [3.8, 4) is 0 Å². The molecule has 152 valence electrons. The van der Waals surface area contributed by atoms with Gasteiger partial charge in [0.15, 0.2) is 0 Å². The van der Waals surface area contributed by atoms with Gasteiger partial charge in [0.25, 0.3) is 5.91 Å². The molecule has 0 radical (unpaired) electrons. The molecule has 8 nitrogen and oxygen atoms in total. The van der Waals surface area contributed by atoms with E-state index in [2.05, 4.69) is 10.3 Å². The smallest absolute Gasteiger partial charge is 0.256 e. The second-order valence-electron chi connectivity index (χ2n) is 6.70. The Morgan fingerprint density at radius 2 is 1.79 bits per heavy atom. The van der Waals surface area contributed by atoms with Gasteiger partial charge >= 0.3 is 0 Å². The van der Waals surface area contributed by atoms with Gasteiger partial charge in [-0.3, -0.25) is 9.59 Å². The van der Waals surface area contributed by atoms with Crippen LogP contribution in [-0.4, -0.2) is 50.3 Å². The summed E-state index contributed by atoms with van der Waals surface area (Å²) in [5.74, 6) is -0.516. The van der Waals surface area contributed by atoms with Crippen LogP contribution in [0.5, 0.6) is 0 Å². The van der Waals surface area contributed by atoms with Crippen molar-refractivity contribution in [2.24, 2.45) is 5.14 Å². The lowest BCUT2D eigenvalue weighted by Gasteiger charge is -2.16. The number of rotatable bonds is 7. The highest BCUT2D eigenvalue weighted by molar-refractivity contribution is 7.89. The van der Waals surface area contributed by atoms with Crippen molar-refractivity contribution in [2.75, 3.05) is 20.1 Å². The van der Waals surface area contributed by atoms with Gasteiger partial charge in [0.05, 0.1) is 17.0 Å². The lowest BCUT2D eigenvalue weighted by atomic mass is 10.1. The number of carbonyl (C=O) groups excluding carboxylic acids is 2. The maximum absolute atomic E-state index is 12.6. The summed E-state index contributed by atoms with van der Waals surface area (Å²) in [6, 6.07) is 13.6. The Morgan fingerprint density at radius 3 is 2.48 bits per heavy atom. The molecule has 0 aliphatic carbocycles. The molecule has 4 N–H and O–H groups in total. The van der Waals surface area contributed by atoms with Gasteiger partial charge in [0, 0.05) is 30.7 Å². The number of likely N-dealkylation sites (N-methyl/N-ethyl adjacent to an activating group) is 1. The zero-order valence-corrected chi connectivity index (χ0v) is 16.7. The number of primary sulfonamides is 1. The number of fused-ring (bicyclic) bond motifs is 1. The number of nitrogens with two attached hydrogens (primary N) is 1. The second-order valence-corrected chi connectivity index (χ2v) is 8.26. The molecule has 0 atom stereocenters. The Morgan fingerprint density at radius 1 is 1.10 bits per heavy atom. The molecule has 0 unspecified atom stereocenters. The van der Waals surface area contributed by atoms with E-state index in [1.807, 2.05) is 24.3 Å². The minimum atomic E-state index is -3.72. The molecule has 0 bridgehead atoms. The molecule has 2 aromatic carbocycles. The van der Waals surface area contributed by atoms with Crippen LogP contribution in [0.2, 0.25) is 0 Å². The number of hydrogen-bond acceptors (Lipinski definition) is 4. The average molecular weight is 414 g/mol. The van der Waals surface area contributed by atoms with Crippen molar-refractivity contribution in [1.29, 1.82) is 0 Å². The summed E-state index contributed by atoms with van der Waals surface area (Å²) in [6.45, 7) is 0.297. The Balaban J connectivity index is 1.50. The lowest BCUT2D eigenvalue weighted by molar-refractivity contribution is -0.121. The Hall–Kier alpha value is -3.17. The van der Waals surface area contributed by atoms with Crippen LogP contribution in [0, 0.1) is 0 Å². The van der Waals surface area contributed by atoms with E-state index >= 15 is 0 Å². The lowest BCUT2D eigenvalue weighted by Crippen LogP contribution is -2.39. The number of hydrogen-bond donors (Lipinski definition) is 3. The number of para-hydroxylation sites is 1. The second kappa shape index (κ2) is 8.46. The molecule has 0 saturated heterocycles. The molecule has 2 amide bonds. The van der Waals surface area contributed by atoms with Crippen LogP contribution in [0.3, 0.4) is 0 Å². The first-order valence-corrected chi connectivity index (χ1v) is 10.5. The third-order valence-electron chi connectivity index (χ3n) is 4.53. The zero-order valence-electron chi connectivity index (χ0n) is 15.9. The molecule has 0 aliphatic heterocycles. The summed E-state index contributed by atoms with van der Waals surface area (Å²) in [4.78, 5) is 29.2. The van der Waals surface area contributed by atoms with E-state index in [-0.39, 0.29) is 23.3 Å². The molecule has 9 heteroatoms. The van der Waals surface area contributed by atoms with Crippen LogP contribution in [-0.2, 0) is 21.2 Å². The topological polar surface area (TPSA) is 125 Å². The predicted octanol–water partition coefficient (Wildman–Crippen LogP) is 1.25. The quantitative estimate of drug-likeness (QED) is 0.538. The molecular formula is C20H22N4O4S. The molecule has 1 heterocycles. The van der Waals surface area contributed by atoms with Gasteiger partial charge in [-0.25, -0.2) is 13.6 Å². The Kier molecular flexibility index (Phi) is 6.00. The highest BCUT2D eigenvalue weighted by atomic mass is 32.2. The van der Waals surface area contributed by atoms with Gasteiger partial charge in [-0.05, 0) is 30.2 Å². The van der Waals surface area contributed by atoms with Gasteiger partial charge in [-0.1, -0.05) is 30.3 Å². The highest BCUT2D eigenvalue weighted by Crippen LogP contribution is 2.18. The molecule has 0 aliphatic rings. The number of amides is 2. The first-order valence-electron chi connectivity index (χ1n) is 8.96. The monoisotopic (exact) mass is 414 g/mol. The van der Waals surface area contributed by atoms with Crippen molar-refractivity contribution in [1.82, 2.24) is 15.2 Å². The fourth-order valence-electron chi connectivity index (χ4n) is 2.99. The zero-order chi connectivity index (χ0) is 21.0. The largest absolute Gasteiger partial charge is 0.360 e. The van der Waals surface area contributed by atoms with Crippen LogP contribution in [0.4, 0.5) is 0 Å². The number of carbonyl (C=O) groups is 2. The van der Waals surface area contributed by atoms with E-state index in [1.165, 1.54) is 17.0 Å². The molecule has 3 rings (SSSR count). The van der Waals surface area contributed by atoms with Crippen molar-refractivity contribution < 1.29 is 18.0 Å². The molecule has 0 fully saturated rings. The number of aromatic nitrogens is 1. The maximum Gasteiger partial charge on any atom is 0.256 e. The van der Waals surface area contributed by atoms with E-state index in [1.54, 1.807) is 25.4 Å². The van der Waals surface area contributed by atoms with E-state index in [9.17, 15) is 18.0 Å². The SMILES string of the molecule is CN(CC(=O)NCCc1ccc(S(N)(=O)=O)cc1)C(=O)c1c[nH]c2ccccc12. The summed E-state index contributed by atoms with van der Waals surface area (Å²) in [6.07, 6.45) is 2.17. The minimum Gasteiger partial charge on any atom is -0.360 e. The highest BCUT2D eigenvalue weighted by Gasteiger charge is 2.18. The molecule has 0 spiro atoms. The third-order valence-corrected chi connectivity index (χ3v) is 5.46. The van der Waals surface area contributed by atoms with E-state index in [0.29, 0.717) is 18.5 Å². The summed E-state index contributed by atoms with van der Waals surface area (Å²) in [5.41, 5.74) is 2.24. The molecule has 3 aromatic rings. The summed E-state index contributed by atoms with van der Waals surface area (Å²) in [5, 5.41) is 8.64. The van der Waals surface area contributed by atoms with Gasteiger partial charge in [-0.2, -0.15) is 0 Å². The normalized spacial score (nSPS) is 11.4. The van der Waals surface area contributed by atoms with Crippen LogP contribution < -0.4 is 10.5 Å². The standard InChI is InChI=1S/C20H22N4O4S/c1-24(20(26)17-12-23-18-5-3-2-4-16(17)18)13-19(25)22-11-10-14-6-8-15(9-7-14)29(21,27)28/h2-9,12,23H,10-11,13H2,1H3,(H,22,25)(H2,21,27,28). The number of nitrogens with one attached hydrogen (secondary N) is 2. The van der Waals surface area contributed by atoms with Gasteiger partial charge in [0.1, 0.15) is 0 Å². The van der Waals surface area contributed by atoms with E-state index in [4.69, 9.17) is 5.14 Å². The number of nitrogens with zero attached hydrogens (tertiary/aromatic N) is 1. The third kappa shape index (κ3) is 5.01. The van der Waals surface area contributed by atoms with Gasteiger partial charge < -0.3 is 15.2 Å². The molecule has 29 heavy (non-hydrogen) atoms. The molecule has 0 saturated carbocycles. The Bertz CT molecular complexity index is 1140. The van der Waals surface area contributed by atoms with Crippen LogP contribution in [0.15, 0.2) is 59.6 Å². The minimum absolute atomic E-state index is 0.0442. The number of aromatic amines is 1. The fraction of sp³-hybridized carbons (Fsp3) is 0.200. The van der Waals surface area contributed by atoms with Crippen LogP contribution >= 0.6 is 0 Å². The number of benzene rings is 2. The first-order chi connectivity index (χ1) is 13.8. The number of sulfonamides is 1. The van der Waals surface area contributed by atoms with E-state index < -0.39 is 10.0 Å². The number of H-pyrrole nitrogens is 1. The molecule has 1 aromatic heterocycles. The summed E-state index contributed by atoms with van der Waals surface area (Å²) in [7, 11) is -2.14. The fourth-order valence-corrected chi connectivity index (χ4v) is 3.50. The van der Waals surface area contributed by atoms with Crippen molar-refractivity contribution in [3.63, 3.8) is 0 Å². The van der Waals surface area contributed by atoms with Gasteiger partial charge in [-0.15, -0.1) is 0 Å². The predicted molar refractivity (Wildman–Crippen MR) is 110 cm³/mol. The molecular weight excluding hydrogens is 392 g/mol. The Labute approximate surface area is 168 Å². The van der Waals surface area contributed by atoms with Crippen molar-refractivity contribution in [2.45, 2.75) is 11.3 Å². The first kappa shape index (κ1) is 20.6. The van der Waals surface area contributed by atoms with Crippen molar-refractivity contribution in [3.05, 3.63) is 65.9 Å². The van der Waals surface area contributed by atoms with Crippen LogP contribution in [0.1, 0.15) is 15.9 Å². The maximum atomic E-state index is 12.6. The summed E-state index contributed by atoms with van der Waals surface area (Å²) >= 11 is 0. The summed E-state index contributed by atoms with van der Waals surface area (Å²) < 4.78 is 22.5.